The van der Waals surface area contributed by atoms with Crippen molar-refractivity contribution in [3.63, 3.8) is 0 Å². The Balaban J connectivity index is 1.91. The molecule has 1 aromatic heterocycles. The lowest BCUT2D eigenvalue weighted by atomic mass is 9.88. The van der Waals surface area contributed by atoms with Crippen LogP contribution in [-0.2, 0) is 12.0 Å². The maximum Gasteiger partial charge on any atom is 0.170 e. The van der Waals surface area contributed by atoms with Gasteiger partial charge in [-0.15, -0.1) is 0 Å². The van der Waals surface area contributed by atoms with Crippen LogP contribution >= 0.6 is 27.7 Å². The first-order chi connectivity index (χ1) is 11.8. The van der Waals surface area contributed by atoms with E-state index in [0.717, 1.165) is 33.5 Å². The summed E-state index contributed by atoms with van der Waals surface area (Å²) in [5, 5.41) is 0.621. The normalized spacial score (nSPS) is 20.4. The summed E-state index contributed by atoms with van der Waals surface area (Å²) in [6.07, 6.45) is 1.25. The Labute approximate surface area is 160 Å². The van der Waals surface area contributed by atoms with Gasteiger partial charge in [0.15, 0.2) is 11.0 Å². The summed E-state index contributed by atoms with van der Waals surface area (Å²) in [5.41, 5.74) is 8.28. The van der Waals surface area contributed by atoms with Crippen molar-refractivity contribution in [1.29, 1.82) is 0 Å². The summed E-state index contributed by atoms with van der Waals surface area (Å²) in [6, 6.07) is 7.92. The molecule has 4 nitrogen and oxygen atoms in total. The van der Waals surface area contributed by atoms with E-state index in [2.05, 4.69) is 40.0 Å². The SMILES string of the molecule is Cc1cc(C(=O)Cc2cc(Br)cc(C3(C)CCSC(N)=N3)c2)c(C)o1. The van der Waals surface area contributed by atoms with Crippen LogP contribution in [-0.4, -0.2) is 16.7 Å². The molecule has 2 N–H and O–H groups in total. The van der Waals surface area contributed by atoms with E-state index < -0.39 is 0 Å². The molecule has 0 amide bonds. The Morgan fingerprint density at radius 1 is 1.36 bits per heavy atom. The Morgan fingerprint density at radius 2 is 2.12 bits per heavy atom. The van der Waals surface area contributed by atoms with E-state index in [1.165, 1.54) is 0 Å². The van der Waals surface area contributed by atoms with Crippen LogP contribution in [0.1, 0.15) is 46.3 Å². The van der Waals surface area contributed by atoms with E-state index in [9.17, 15) is 4.79 Å². The van der Waals surface area contributed by atoms with Gasteiger partial charge in [0.05, 0.1) is 11.1 Å². The Bertz CT molecular complexity index is 859. The number of nitrogens with zero attached hydrogens (tertiary/aromatic N) is 1. The van der Waals surface area contributed by atoms with Gasteiger partial charge >= 0.3 is 0 Å². The molecule has 0 fully saturated rings. The van der Waals surface area contributed by atoms with Crippen molar-refractivity contribution < 1.29 is 9.21 Å². The van der Waals surface area contributed by atoms with Gasteiger partial charge in [0, 0.05) is 16.6 Å². The van der Waals surface area contributed by atoms with Crippen molar-refractivity contribution in [3.05, 3.63) is 56.9 Å². The molecule has 0 saturated heterocycles. The lowest BCUT2D eigenvalue weighted by molar-refractivity contribution is 0.0991. The molecular weight excluding hydrogens is 400 g/mol. The van der Waals surface area contributed by atoms with Crippen LogP contribution in [0, 0.1) is 13.8 Å². The predicted octanol–water partition coefficient (Wildman–Crippen LogP) is 4.75. The third-order valence-electron chi connectivity index (χ3n) is 4.48. The third-order valence-corrected chi connectivity index (χ3v) is 5.73. The molecule has 1 aliphatic heterocycles. The molecule has 6 heteroatoms. The minimum atomic E-state index is -0.348. The number of rotatable bonds is 4. The van der Waals surface area contributed by atoms with E-state index in [4.69, 9.17) is 10.2 Å². The van der Waals surface area contributed by atoms with Crippen molar-refractivity contribution in [2.45, 2.75) is 39.2 Å². The van der Waals surface area contributed by atoms with Crippen LogP contribution in [0.25, 0.3) is 0 Å². The first-order valence-electron chi connectivity index (χ1n) is 8.15. The Hall–Kier alpha value is -1.53. The van der Waals surface area contributed by atoms with Gasteiger partial charge in [-0.3, -0.25) is 9.79 Å². The van der Waals surface area contributed by atoms with Crippen molar-refractivity contribution >= 4 is 38.6 Å². The number of hydrogen-bond acceptors (Lipinski definition) is 5. The van der Waals surface area contributed by atoms with Crippen molar-refractivity contribution in [1.82, 2.24) is 0 Å². The van der Waals surface area contributed by atoms with Crippen molar-refractivity contribution in [2.24, 2.45) is 10.7 Å². The smallest absolute Gasteiger partial charge is 0.170 e. The second-order valence-corrected chi connectivity index (χ2v) is 8.63. The topological polar surface area (TPSA) is 68.6 Å². The first-order valence-corrected chi connectivity index (χ1v) is 9.93. The quantitative estimate of drug-likeness (QED) is 0.724. The van der Waals surface area contributed by atoms with Crippen LogP contribution in [0.3, 0.4) is 0 Å². The van der Waals surface area contributed by atoms with E-state index in [0.29, 0.717) is 22.9 Å². The highest BCUT2D eigenvalue weighted by Gasteiger charge is 2.30. The minimum absolute atomic E-state index is 0.0609. The number of thioether (sulfide) groups is 1. The van der Waals surface area contributed by atoms with Gasteiger partial charge in [-0.05, 0) is 56.5 Å². The van der Waals surface area contributed by atoms with E-state index in [1.807, 2.05) is 19.9 Å². The van der Waals surface area contributed by atoms with Crippen LogP contribution in [0.4, 0.5) is 0 Å². The second-order valence-electron chi connectivity index (χ2n) is 6.60. The standard InChI is InChI=1S/C19H21BrN2O2S/c1-11-6-16(12(2)24-11)17(23)9-13-7-14(10-15(20)8-13)19(3)4-5-25-18(21)22-19/h6-8,10H,4-5,9H2,1-3H3,(H2,21,22). The molecule has 132 valence electrons. The highest BCUT2D eigenvalue weighted by atomic mass is 79.9. The molecule has 1 aromatic carbocycles. The van der Waals surface area contributed by atoms with Crippen LogP contribution in [0.5, 0.6) is 0 Å². The average molecular weight is 421 g/mol. The number of benzene rings is 1. The molecular formula is C19H21BrN2O2S. The summed E-state index contributed by atoms with van der Waals surface area (Å²) in [6.45, 7) is 5.77. The number of aliphatic imine (C=N–C) groups is 1. The highest BCUT2D eigenvalue weighted by molar-refractivity contribution is 9.10. The number of Topliss-reactive ketones (excluding diaryl/α,β-unsaturated/α-hetero) is 1. The Kier molecular flexibility index (Phi) is 5.11. The molecule has 0 aliphatic carbocycles. The van der Waals surface area contributed by atoms with Gasteiger partial charge in [-0.2, -0.15) is 0 Å². The summed E-state index contributed by atoms with van der Waals surface area (Å²) in [4.78, 5) is 17.3. The summed E-state index contributed by atoms with van der Waals surface area (Å²) in [7, 11) is 0. The first kappa shape index (κ1) is 18.3. The van der Waals surface area contributed by atoms with Gasteiger partial charge in [0.1, 0.15) is 11.5 Å². The van der Waals surface area contributed by atoms with Crippen molar-refractivity contribution in [3.8, 4) is 0 Å². The number of halogens is 1. The number of amidine groups is 1. The number of furan rings is 1. The van der Waals surface area contributed by atoms with Gasteiger partial charge in [-0.25, -0.2) is 0 Å². The molecule has 1 unspecified atom stereocenters. The fourth-order valence-corrected chi connectivity index (χ4v) is 4.66. The fourth-order valence-electron chi connectivity index (χ4n) is 3.15. The zero-order valence-electron chi connectivity index (χ0n) is 14.6. The molecule has 1 aliphatic rings. The lowest BCUT2D eigenvalue weighted by Gasteiger charge is -2.30. The van der Waals surface area contributed by atoms with Gasteiger partial charge in [0.2, 0.25) is 0 Å². The average Bonchev–Trinajstić information content (AvgIpc) is 2.85. The number of hydrogen-bond donors (Lipinski definition) is 1. The molecule has 2 heterocycles. The van der Waals surface area contributed by atoms with Crippen LogP contribution < -0.4 is 5.73 Å². The van der Waals surface area contributed by atoms with Crippen molar-refractivity contribution in [2.75, 3.05) is 5.75 Å². The minimum Gasteiger partial charge on any atom is -0.466 e. The largest absolute Gasteiger partial charge is 0.466 e. The second kappa shape index (κ2) is 7.00. The number of carbonyl (C=O) groups excluding carboxylic acids is 1. The zero-order chi connectivity index (χ0) is 18.2. The van der Waals surface area contributed by atoms with Crippen LogP contribution in [0.2, 0.25) is 0 Å². The number of aryl methyl sites for hydroxylation is 2. The zero-order valence-corrected chi connectivity index (χ0v) is 17.0. The maximum absolute atomic E-state index is 12.7. The molecule has 2 aromatic rings. The fraction of sp³-hybridized carbons (Fsp3) is 0.368. The molecule has 0 spiro atoms. The summed E-state index contributed by atoms with van der Waals surface area (Å²) < 4.78 is 6.43. The number of nitrogens with two attached hydrogens (primary N) is 1. The monoisotopic (exact) mass is 420 g/mol. The summed E-state index contributed by atoms with van der Waals surface area (Å²) >= 11 is 5.16. The predicted molar refractivity (Wildman–Crippen MR) is 106 cm³/mol. The van der Waals surface area contributed by atoms with Gasteiger partial charge < -0.3 is 10.2 Å². The summed E-state index contributed by atoms with van der Waals surface area (Å²) in [5.74, 6) is 2.44. The highest BCUT2D eigenvalue weighted by Crippen LogP contribution is 2.36. The third kappa shape index (κ3) is 4.01. The van der Waals surface area contributed by atoms with Gasteiger partial charge in [-0.1, -0.05) is 33.8 Å². The number of ketones is 1. The lowest BCUT2D eigenvalue weighted by Crippen LogP contribution is -2.29. The van der Waals surface area contributed by atoms with Crippen LogP contribution in [0.15, 0.2) is 38.1 Å². The maximum atomic E-state index is 12.7. The Morgan fingerprint density at radius 3 is 2.76 bits per heavy atom. The molecule has 0 saturated carbocycles. The number of carbonyl (C=O) groups is 1. The van der Waals surface area contributed by atoms with E-state index >= 15 is 0 Å². The van der Waals surface area contributed by atoms with E-state index in [1.54, 1.807) is 17.8 Å². The molecule has 3 rings (SSSR count). The van der Waals surface area contributed by atoms with E-state index in [-0.39, 0.29) is 11.3 Å². The van der Waals surface area contributed by atoms with Gasteiger partial charge in [0.25, 0.3) is 0 Å². The molecule has 25 heavy (non-hydrogen) atoms. The molecule has 1 atom stereocenters. The molecule has 0 bridgehead atoms. The molecule has 0 radical (unpaired) electrons.